The van der Waals surface area contributed by atoms with Gasteiger partial charge in [0.2, 0.25) is 0 Å². The number of nitrogens with one attached hydrogen (secondary N) is 1. The molecule has 28 heavy (non-hydrogen) atoms. The molecule has 0 saturated heterocycles. The summed E-state index contributed by atoms with van der Waals surface area (Å²) in [5.74, 6) is 0.532. The molecule has 2 aromatic carbocycles. The van der Waals surface area contributed by atoms with E-state index in [-0.39, 0.29) is 5.75 Å². The number of fused-ring (bicyclic) bond motifs is 1. The normalized spacial score (nSPS) is 13.5. The number of carbonyl (C=O) groups excluding carboxylic acids is 2. The molecule has 0 aliphatic carbocycles. The number of rotatable bonds is 6. The lowest BCUT2D eigenvalue weighted by atomic mass is 10.1. The third-order valence-corrected chi connectivity index (χ3v) is 5.29. The van der Waals surface area contributed by atoms with Crippen LogP contribution < -0.4 is 14.8 Å². The van der Waals surface area contributed by atoms with Gasteiger partial charge in [0.25, 0.3) is 5.91 Å². The van der Waals surface area contributed by atoms with E-state index in [9.17, 15) is 9.59 Å². The molecule has 0 aromatic heterocycles. The minimum atomic E-state index is -0.902. The second-order valence-corrected chi connectivity index (χ2v) is 7.56. The van der Waals surface area contributed by atoms with Crippen molar-refractivity contribution in [2.24, 2.45) is 0 Å². The van der Waals surface area contributed by atoms with Gasteiger partial charge in [-0.25, -0.2) is 0 Å². The predicted octanol–water partition coefficient (Wildman–Crippen LogP) is 3.74. The van der Waals surface area contributed by atoms with Crippen molar-refractivity contribution < 1.29 is 23.8 Å². The molecule has 3 rings (SSSR count). The highest BCUT2D eigenvalue weighted by Gasteiger charge is 2.19. The fourth-order valence-electron chi connectivity index (χ4n) is 2.60. The van der Waals surface area contributed by atoms with E-state index in [4.69, 9.17) is 14.2 Å². The van der Waals surface area contributed by atoms with E-state index in [1.54, 1.807) is 25.1 Å². The van der Waals surface area contributed by atoms with Gasteiger partial charge in [-0.1, -0.05) is 6.07 Å². The average Bonchev–Trinajstić information content (AvgIpc) is 2.68. The molecule has 6 nitrogen and oxygen atoms in total. The Kier molecular flexibility index (Phi) is 6.46. The maximum Gasteiger partial charge on any atom is 0.317 e. The summed E-state index contributed by atoms with van der Waals surface area (Å²) < 4.78 is 16.2. The lowest BCUT2D eigenvalue weighted by molar-refractivity contribution is -0.150. The highest BCUT2D eigenvalue weighted by molar-refractivity contribution is 8.00. The summed E-state index contributed by atoms with van der Waals surface area (Å²) in [6.45, 7) is 6.59. The standard InChI is InChI=1S/C21H23NO5S/c1-13-4-6-17(10-14(13)2)28-12-20(23)27-15(3)21(24)22-16-5-7-18-19(11-16)26-9-8-25-18/h4-7,10-11,15H,8-9,12H2,1-3H3,(H,22,24)/t15-/m1/s1. The summed E-state index contributed by atoms with van der Waals surface area (Å²) in [5.41, 5.74) is 2.93. The minimum Gasteiger partial charge on any atom is -0.486 e. The Bertz CT molecular complexity index is 883. The Labute approximate surface area is 168 Å². The Hall–Kier alpha value is -2.67. The van der Waals surface area contributed by atoms with E-state index in [2.05, 4.69) is 5.32 Å². The van der Waals surface area contributed by atoms with Gasteiger partial charge in [-0.05, 0) is 56.2 Å². The predicted molar refractivity (Wildman–Crippen MR) is 108 cm³/mol. The molecule has 1 heterocycles. The number of esters is 1. The highest BCUT2D eigenvalue weighted by Crippen LogP contribution is 2.32. The van der Waals surface area contributed by atoms with Crippen molar-refractivity contribution in [1.82, 2.24) is 0 Å². The zero-order valence-corrected chi connectivity index (χ0v) is 16.9. The van der Waals surface area contributed by atoms with E-state index in [0.29, 0.717) is 30.4 Å². The highest BCUT2D eigenvalue weighted by atomic mass is 32.2. The first-order valence-corrected chi connectivity index (χ1v) is 10.0. The largest absolute Gasteiger partial charge is 0.486 e. The van der Waals surface area contributed by atoms with Crippen molar-refractivity contribution in [3.8, 4) is 11.5 Å². The lowest BCUT2D eigenvalue weighted by Gasteiger charge is -2.19. The van der Waals surface area contributed by atoms with E-state index in [1.807, 2.05) is 32.0 Å². The maximum absolute atomic E-state index is 12.3. The monoisotopic (exact) mass is 401 g/mol. The topological polar surface area (TPSA) is 73.9 Å². The summed E-state index contributed by atoms with van der Waals surface area (Å²) in [6.07, 6.45) is -0.902. The van der Waals surface area contributed by atoms with Crippen LogP contribution in [0.25, 0.3) is 0 Å². The van der Waals surface area contributed by atoms with Crippen molar-refractivity contribution in [2.75, 3.05) is 24.3 Å². The van der Waals surface area contributed by atoms with Crippen LogP contribution >= 0.6 is 11.8 Å². The molecule has 0 fully saturated rings. The number of thioether (sulfide) groups is 1. The second-order valence-electron chi connectivity index (χ2n) is 6.51. The third kappa shape index (κ3) is 5.19. The molecule has 1 aliphatic heterocycles. The van der Waals surface area contributed by atoms with Gasteiger partial charge >= 0.3 is 5.97 Å². The van der Waals surface area contributed by atoms with Gasteiger partial charge in [-0.2, -0.15) is 0 Å². The van der Waals surface area contributed by atoms with Gasteiger partial charge in [0.1, 0.15) is 13.2 Å². The molecular weight excluding hydrogens is 378 g/mol. The lowest BCUT2D eigenvalue weighted by Crippen LogP contribution is -2.30. The van der Waals surface area contributed by atoms with Crippen molar-refractivity contribution in [2.45, 2.75) is 31.8 Å². The molecule has 0 bridgehead atoms. The SMILES string of the molecule is Cc1ccc(SCC(=O)O[C@H](C)C(=O)Nc2ccc3c(c2)OCCO3)cc1C. The summed E-state index contributed by atoms with van der Waals surface area (Å²) in [4.78, 5) is 25.4. The number of hydrogen-bond donors (Lipinski definition) is 1. The van der Waals surface area contributed by atoms with Crippen molar-refractivity contribution in [3.05, 3.63) is 47.5 Å². The van der Waals surface area contributed by atoms with Gasteiger partial charge in [0, 0.05) is 16.6 Å². The van der Waals surface area contributed by atoms with E-state index < -0.39 is 18.0 Å². The quantitative estimate of drug-likeness (QED) is 0.587. The van der Waals surface area contributed by atoms with E-state index in [0.717, 1.165) is 4.90 Å². The Morgan fingerprint density at radius 2 is 1.82 bits per heavy atom. The van der Waals surface area contributed by atoms with Crippen molar-refractivity contribution in [3.63, 3.8) is 0 Å². The third-order valence-electron chi connectivity index (χ3n) is 4.32. The van der Waals surface area contributed by atoms with Gasteiger partial charge in [0.15, 0.2) is 17.6 Å². The molecule has 0 radical (unpaired) electrons. The minimum absolute atomic E-state index is 0.143. The number of amides is 1. The van der Waals surface area contributed by atoms with E-state index in [1.165, 1.54) is 22.9 Å². The van der Waals surface area contributed by atoms with Gasteiger partial charge in [0.05, 0.1) is 5.75 Å². The molecule has 148 valence electrons. The maximum atomic E-state index is 12.3. The van der Waals surface area contributed by atoms with Crippen LogP contribution in [0.5, 0.6) is 11.5 Å². The number of carbonyl (C=O) groups is 2. The molecule has 1 N–H and O–H groups in total. The summed E-state index contributed by atoms with van der Waals surface area (Å²) >= 11 is 1.39. The fourth-order valence-corrected chi connectivity index (χ4v) is 3.37. The molecule has 0 saturated carbocycles. The summed E-state index contributed by atoms with van der Waals surface area (Å²) in [5, 5.41) is 2.73. The zero-order chi connectivity index (χ0) is 20.1. The molecule has 1 aliphatic rings. The molecule has 1 atom stereocenters. The average molecular weight is 401 g/mol. The first-order valence-electron chi connectivity index (χ1n) is 9.02. The number of aryl methyl sites for hydroxylation is 2. The van der Waals surface area contributed by atoms with Crippen molar-refractivity contribution in [1.29, 1.82) is 0 Å². The Morgan fingerprint density at radius 1 is 1.07 bits per heavy atom. The van der Waals surface area contributed by atoms with Crippen LogP contribution in [-0.2, 0) is 14.3 Å². The van der Waals surface area contributed by atoms with Crippen molar-refractivity contribution >= 4 is 29.3 Å². The first kappa shape index (κ1) is 20.1. The summed E-state index contributed by atoms with van der Waals surface area (Å²) in [7, 11) is 0. The summed E-state index contributed by atoms with van der Waals surface area (Å²) in [6, 6.07) is 11.2. The zero-order valence-electron chi connectivity index (χ0n) is 16.1. The smallest absolute Gasteiger partial charge is 0.317 e. The van der Waals surface area contributed by atoms with Gasteiger partial charge < -0.3 is 19.5 Å². The van der Waals surface area contributed by atoms with Crippen LogP contribution in [0.2, 0.25) is 0 Å². The fraction of sp³-hybridized carbons (Fsp3) is 0.333. The van der Waals surface area contributed by atoms with E-state index >= 15 is 0 Å². The molecule has 2 aromatic rings. The second kappa shape index (κ2) is 9.01. The molecule has 1 amide bonds. The van der Waals surface area contributed by atoms with Crippen LogP contribution in [0.4, 0.5) is 5.69 Å². The Balaban J connectivity index is 1.49. The molecule has 0 spiro atoms. The van der Waals surface area contributed by atoms with Crippen LogP contribution in [0, 0.1) is 13.8 Å². The first-order chi connectivity index (χ1) is 13.4. The van der Waals surface area contributed by atoms with Crippen LogP contribution in [0.15, 0.2) is 41.3 Å². The van der Waals surface area contributed by atoms with Crippen LogP contribution in [-0.4, -0.2) is 36.9 Å². The number of ether oxygens (including phenoxy) is 3. The molecule has 0 unspecified atom stereocenters. The number of benzene rings is 2. The van der Waals surface area contributed by atoms with Gasteiger partial charge in [-0.3, -0.25) is 9.59 Å². The van der Waals surface area contributed by atoms with Crippen LogP contribution in [0.1, 0.15) is 18.1 Å². The molecular formula is C21H23NO5S. The number of anilines is 1. The van der Waals surface area contributed by atoms with Crippen LogP contribution in [0.3, 0.4) is 0 Å². The molecule has 7 heteroatoms. The number of hydrogen-bond acceptors (Lipinski definition) is 6. The van der Waals surface area contributed by atoms with Gasteiger partial charge in [-0.15, -0.1) is 11.8 Å². The Morgan fingerprint density at radius 3 is 2.57 bits per heavy atom.